The van der Waals surface area contributed by atoms with Crippen LogP contribution in [0.3, 0.4) is 0 Å². The minimum absolute atomic E-state index is 0.285. The molecule has 109 valence electrons. The monoisotopic (exact) mass is 281 g/mol. The summed E-state index contributed by atoms with van der Waals surface area (Å²) in [5, 5.41) is 25.6. The summed E-state index contributed by atoms with van der Waals surface area (Å²) in [6.07, 6.45) is 8.02. The lowest BCUT2D eigenvalue weighted by Gasteiger charge is -2.25. The van der Waals surface area contributed by atoms with Crippen molar-refractivity contribution in [3.05, 3.63) is 43.4 Å². The van der Waals surface area contributed by atoms with Crippen LogP contribution in [0.5, 0.6) is 0 Å². The minimum Gasteiger partial charge on any atom is -0.478 e. The number of hydrogen-bond donors (Lipinski definition) is 3. The lowest BCUT2D eigenvalue weighted by atomic mass is 9.79. The van der Waals surface area contributed by atoms with E-state index in [1.165, 1.54) is 18.2 Å². The highest BCUT2D eigenvalue weighted by molar-refractivity contribution is 5.80. The molecule has 0 saturated heterocycles. The van der Waals surface area contributed by atoms with Crippen molar-refractivity contribution in [1.82, 2.24) is 0 Å². The van der Waals surface area contributed by atoms with Gasteiger partial charge in [-0.1, -0.05) is 18.2 Å². The second-order valence-corrected chi connectivity index (χ2v) is 4.33. The molecule has 6 nitrogen and oxygen atoms in total. The molecule has 0 aromatic carbocycles. The molecule has 6 heteroatoms. The van der Waals surface area contributed by atoms with Crippen molar-refractivity contribution in [2.75, 3.05) is 0 Å². The summed E-state index contributed by atoms with van der Waals surface area (Å²) < 4.78 is 0. The molecule has 0 aliphatic rings. The maximum atomic E-state index is 10.4. The molecule has 0 aliphatic heterocycles. The predicted octanol–water partition coefficient (Wildman–Crippen LogP) is 1.90. The third kappa shape index (κ3) is 9.64. The van der Waals surface area contributed by atoms with E-state index in [2.05, 4.69) is 6.92 Å². The van der Waals surface area contributed by atoms with E-state index in [-0.39, 0.29) is 19.3 Å². The van der Waals surface area contributed by atoms with E-state index in [1.54, 1.807) is 0 Å². The third-order valence-corrected chi connectivity index (χ3v) is 2.43. The summed E-state index contributed by atoms with van der Waals surface area (Å²) in [7, 11) is 0. The third-order valence-electron chi connectivity index (χ3n) is 2.43. The molecule has 0 aromatic heterocycles. The van der Waals surface area contributed by atoms with Crippen LogP contribution in [-0.4, -0.2) is 33.2 Å². The lowest BCUT2D eigenvalue weighted by molar-refractivity contribution is -0.132. The summed E-state index contributed by atoms with van der Waals surface area (Å²) in [4.78, 5) is 31.2. The fourth-order valence-electron chi connectivity index (χ4n) is 1.48. The maximum absolute atomic E-state index is 10.4. The van der Waals surface area contributed by atoms with Crippen LogP contribution in [0.2, 0.25) is 0 Å². The fourth-order valence-corrected chi connectivity index (χ4v) is 1.48. The quantitative estimate of drug-likeness (QED) is 0.556. The highest BCUT2D eigenvalue weighted by Crippen LogP contribution is 2.31. The van der Waals surface area contributed by atoms with Gasteiger partial charge in [-0.05, 0) is 31.6 Å². The van der Waals surface area contributed by atoms with Gasteiger partial charge in [0.15, 0.2) is 0 Å². The van der Waals surface area contributed by atoms with Gasteiger partial charge in [-0.3, -0.25) is 0 Å². The molecule has 0 aliphatic carbocycles. The molecule has 0 aromatic rings. The van der Waals surface area contributed by atoms with Crippen LogP contribution >= 0.6 is 0 Å². The fraction of sp³-hybridized carbons (Fsp3) is 0.286. The van der Waals surface area contributed by atoms with Gasteiger partial charge in [-0.15, -0.1) is 0 Å². The standard InChI is InChI=1S/C14H17O6/c1-14(8-2-5-11(15)16,9-3-6-12(17)18)10-4-7-13(19)20/h2-7H,1,8-10H2,(H,15,16)(H,17,18)(H,19,20). The number of carboxylic acids is 3. The van der Waals surface area contributed by atoms with E-state index >= 15 is 0 Å². The van der Waals surface area contributed by atoms with Crippen LogP contribution in [0.25, 0.3) is 0 Å². The SMILES string of the molecule is [CH2]C(CC=CC(=O)O)(CC=CC(=O)O)CC=CC(=O)O. The van der Waals surface area contributed by atoms with Gasteiger partial charge in [0.05, 0.1) is 0 Å². The first-order chi connectivity index (χ1) is 9.25. The van der Waals surface area contributed by atoms with Crippen molar-refractivity contribution in [2.45, 2.75) is 19.3 Å². The molecule has 0 saturated carbocycles. The Bertz CT molecular complexity index is 380. The van der Waals surface area contributed by atoms with Gasteiger partial charge in [0, 0.05) is 18.2 Å². The molecule has 0 amide bonds. The molecule has 1 radical (unpaired) electrons. The topological polar surface area (TPSA) is 112 Å². The molecule has 0 spiro atoms. The van der Waals surface area contributed by atoms with E-state index < -0.39 is 23.3 Å². The van der Waals surface area contributed by atoms with Gasteiger partial charge in [-0.25, -0.2) is 14.4 Å². The Morgan fingerprint density at radius 2 is 1.00 bits per heavy atom. The highest BCUT2D eigenvalue weighted by atomic mass is 16.4. The van der Waals surface area contributed by atoms with Crippen molar-refractivity contribution in [1.29, 1.82) is 0 Å². The van der Waals surface area contributed by atoms with E-state index in [1.807, 2.05) is 0 Å². The minimum atomic E-state index is -1.09. The zero-order valence-electron chi connectivity index (χ0n) is 10.9. The van der Waals surface area contributed by atoms with Crippen LogP contribution in [0.1, 0.15) is 19.3 Å². The predicted molar refractivity (Wildman–Crippen MR) is 72.0 cm³/mol. The Hall–Kier alpha value is -2.37. The van der Waals surface area contributed by atoms with Crippen molar-refractivity contribution >= 4 is 17.9 Å². The Kier molecular flexibility index (Phi) is 7.65. The normalized spacial score (nSPS) is 14.8. The molecule has 0 unspecified atom stereocenters. The first-order valence-electron chi connectivity index (χ1n) is 5.79. The van der Waals surface area contributed by atoms with E-state index in [4.69, 9.17) is 15.3 Å². The van der Waals surface area contributed by atoms with Crippen LogP contribution in [0.4, 0.5) is 0 Å². The molecule has 3 N–H and O–H groups in total. The van der Waals surface area contributed by atoms with Crippen molar-refractivity contribution in [3.8, 4) is 0 Å². The van der Waals surface area contributed by atoms with Crippen molar-refractivity contribution < 1.29 is 29.7 Å². The van der Waals surface area contributed by atoms with Gasteiger partial charge >= 0.3 is 17.9 Å². The Labute approximate surface area is 116 Å². The largest absolute Gasteiger partial charge is 0.478 e. The second-order valence-electron chi connectivity index (χ2n) is 4.33. The van der Waals surface area contributed by atoms with E-state index in [0.717, 1.165) is 18.2 Å². The highest BCUT2D eigenvalue weighted by Gasteiger charge is 2.20. The smallest absolute Gasteiger partial charge is 0.327 e. The van der Waals surface area contributed by atoms with Crippen molar-refractivity contribution in [3.63, 3.8) is 0 Å². The van der Waals surface area contributed by atoms with Crippen LogP contribution < -0.4 is 0 Å². The van der Waals surface area contributed by atoms with Crippen LogP contribution in [-0.2, 0) is 14.4 Å². The second kappa shape index (κ2) is 8.68. The van der Waals surface area contributed by atoms with Gasteiger partial charge in [0.1, 0.15) is 0 Å². The Balaban J connectivity index is 4.77. The number of hydrogen-bond acceptors (Lipinski definition) is 3. The average Bonchev–Trinajstić information content (AvgIpc) is 2.27. The van der Waals surface area contributed by atoms with Gasteiger partial charge in [0.25, 0.3) is 0 Å². The summed E-state index contributed by atoms with van der Waals surface area (Å²) in [5.41, 5.74) is -0.691. The summed E-state index contributed by atoms with van der Waals surface area (Å²) in [6, 6.07) is 0. The molecular formula is C14H17O6. The molecule has 0 bridgehead atoms. The molecule has 0 rings (SSSR count). The molecule has 0 atom stereocenters. The average molecular weight is 281 g/mol. The zero-order valence-corrected chi connectivity index (χ0v) is 10.9. The van der Waals surface area contributed by atoms with E-state index in [9.17, 15) is 14.4 Å². The van der Waals surface area contributed by atoms with Crippen LogP contribution in [0.15, 0.2) is 36.5 Å². The van der Waals surface area contributed by atoms with Crippen LogP contribution in [0, 0.1) is 12.3 Å². The number of allylic oxidation sites excluding steroid dienone is 3. The number of rotatable bonds is 9. The molecule has 0 heterocycles. The van der Waals surface area contributed by atoms with Crippen molar-refractivity contribution in [2.24, 2.45) is 5.41 Å². The Morgan fingerprint density at radius 1 is 0.750 bits per heavy atom. The lowest BCUT2D eigenvalue weighted by Crippen LogP contribution is -2.14. The first-order valence-corrected chi connectivity index (χ1v) is 5.79. The molecule has 0 fully saturated rings. The zero-order chi connectivity index (χ0) is 15.6. The number of aliphatic carboxylic acids is 3. The first kappa shape index (κ1) is 17.6. The number of carboxylic acid groups (broad SMARTS) is 3. The summed E-state index contributed by atoms with van der Waals surface area (Å²) in [5.74, 6) is -3.27. The summed E-state index contributed by atoms with van der Waals surface area (Å²) in [6.45, 7) is 3.93. The van der Waals surface area contributed by atoms with Gasteiger partial charge < -0.3 is 15.3 Å². The van der Waals surface area contributed by atoms with Gasteiger partial charge in [-0.2, -0.15) is 0 Å². The molecule has 20 heavy (non-hydrogen) atoms. The van der Waals surface area contributed by atoms with Gasteiger partial charge in [0.2, 0.25) is 0 Å². The number of carbonyl (C=O) groups is 3. The summed E-state index contributed by atoms with van der Waals surface area (Å²) >= 11 is 0. The Morgan fingerprint density at radius 3 is 1.20 bits per heavy atom. The maximum Gasteiger partial charge on any atom is 0.327 e. The van der Waals surface area contributed by atoms with E-state index in [0.29, 0.717) is 0 Å². The molecular weight excluding hydrogens is 264 g/mol.